The minimum absolute atomic E-state index is 0.117. The van der Waals surface area contributed by atoms with Crippen molar-refractivity contribution in [3.05, 3.63) is 78.0 Å². The van der Waals surface area contributed by atoms with Gasteiger partial charge in [-0.2, -0.15) is 0 Å². The minimum Gasteiger partial charge on any atom is -0.485 e. The van der Waals surface area contributed by atoms with Crippen molar-refractivity contribution in [2.24, 2.45) is 0 Å². The Kier molecular flexibility index (Phi) is 7.22. The van der Waals surface area contributed by atoms with Crippen molar-refractivity contribution >= 4 is 23.3 Å². The fourth-order valence-electron chi connectivity index (χ4n) is 3.49. The summed E-state index contributed by atoms with van der Waals surface area (Å²) in [7, 11) is 0. The van der Waals surface area contributed by atoms with E-state index in [9.17, 15) is 18.8 Å². The Morgan fingerprint density at radius 2 is 2.00 bits per heavy atom. The van der Waals surface area contributed by atoms with Gasteiger partial charge >= 0.3 is 0 Å². The van der Waals surface area contributed by atoms with Crippen molar-refractivity contribution in [1.82, 2.24) is 5.32 Å². The number of halogens is 1. The number of ketones is 1. The lowest BCUT2D eigenvalue weighted by Gasteiger charge is -2.29. The Bertz CT molecular complexity index is 1180. The van der Waals surface area contributed by atoms with Gasteiger partial charge < -0.3 is 24.1 Å². The number of rotatable bonds is 10. The summed E-state index contributed by atoms with van der Waals surface area (Å²) >= 11 is 0. The Morgan fingerprint density at radius 1 is 1.12 bits per heavy atom. The molecule has 34 heavy (non-hydrogen) atoms. The zero-order valence-electron chi connectivity index (χ0n) is 18.3. The van der Waals surface area contributed by atoms with Crippen molar-refractivity contribution in [3.8, 4) is 11.5 Å². The molecule has 0 atom stereocenters. The molecule has 1 aliphatic rings. The maximum atomic E-state index is 13.3. The number of fused-ring (bicyclic) bond motifs is 1. The molecule has 4 rings (SSSR count). The maximum absolute atomic E-state index is 13.3. The van der Waals surface area contributed by atoms with Gasteiger partial charge in [-0.1, -0.05) is 6.07 Å². The van der Waals surface area contributed by atoms with Gasteiger partial charge in [-0.15, -0.1) is 0 Å². The molecule has 0 spiro atoms. The number of amides is 2. The largest absolute Gasteiger partial charge is 0.485 e. The number of benzene rings is 2. The molecule has 0 radical (unpaired) electrons. The molecule has 0 unspecified atom stereocenters. The van der Waals surface area contributed by atoms with Crippen LogP contribution in [0.2, 0.25) is 0 Å². The molecule has 1 aromatic heterocycles. The van der Waals surface area contributed by atoms with E-state index >= 15 is 0 Å². The van der Waals surface area contributed by atoms with E-state index in [-0.39, 0.29) is 43.0 Å². The molecular formula is C25H23FN2O6. The highest BCUT2D eigenvalue weighted by atomic mass is 19.1. The van der Waals surface area contributed by atoms with E-state index in [0.717, 1.165) is 0 Å². The van der Waals surface area contributed by atoms with Crippen molar-refractivity contribution in [1.29, 1.82) is 0 Å². The van der Waals surface area contributed by atoms with Gasteiger partial charge in [0, 0.05) is 24.6 Å². The Morgan fingerprint density at radius 3 is 2.79 bits per heavy atom. The molecule has 0 fully saturated rings. The molecule has 176 valence electrons. The number of carbonyl (C=O) groups excluding carboxylic acids is 3. The van der Waals surface area contributed by atoms with Gasteiger partial charge in [0.25, 0.3) is 5.91 Å². The Hall–Kier alpha value is -4.14. The van der Waals surface area contributed by atoms with Gasteiger partial charge in [0.15, 0.2) is 19.0 Å². The molecule has 3 aromatic rings. The molecule has 2 amide bonds. The lowest BCUT2D eigenvalue weighted by atomic mass is 10.1. The quantitative estimate of drug-likeness (QED) is 0.460. The first-order valence-electron chi connectivity index (χ1n) is 10.8. The van der Waals surface area contributed by atoms with Crippen LogP contribution in [-0.2, 0) is 16.1 Å². The molecule has 0 aliphatic carbocycles. The normalized spacial score (nSPS) is 12.6. The number of carbonyl (C=O) groups is 3. The van der Waals surface area contributed by atoms with Gasteiger partial charge in [0.2, 0.25) is 5.91 Å². The average molecular weight is 466 g/mol. The maximum Gasteiger partial charge on any atom is 0.265 e. The van der Waals surface area contributed by atoms with Gasteiger partial charge in [-0.05, 0) is 48.9 Å². The van der Waals surface area contributed by atoms with Crippen LogP contribution in [0.4, 0.5) is 10.1 Å². The average Bonchev–Trinajstić information content (AvgIpc) is 3.36. The van der Waals surface area contributed by atoms with E-state index in [1.807, 2.05) is 0 Å². The van der Waals surface area contributed by atoms with E-state index in [4.69, 9.17) is 13.9 Å². The van der Waals surface area contributed by atoms with E-state index in [1.165, 1.54) is 29.4 Å². The summed E-state index contributed by atoms with van der Waals surface area (Å²) in [6.07, 6.45) is 2.19. The summed E-state index contributed by atoms with van der Waals surface area (Å²) in [6, 6.07) is 13.8. The number of anilines is 1. The molecule has 1 aliphatic heterocycles. The standard InChI is InChI=1S/C25H23FN2O6/c26-18-4-1-5-19(13-18)33-15-22(29)17-8-9-23-21(12-17)28(25(31)16-34-23)10-2-7-24(30)27-14-20-6-3-11-32-20/h1,3-6,8-9,11-13H,2,7,10,14-16H2,(H,27,30). The third kappa shape index (κ3) is 5.80. The first-order chi connectivity index (χ1) is 16.5. The summed E-state index contributed by atoms with van der Waals surface area (Å²) < 4.78 is 29.3. The van der Waals surface area contributed by atoms with E-state index < -0.39 is 5.82 Å². The molecule has 9 heteroatoms. The van der Waals surface area contributed by atoms with E-state index in [2.05, 4.69) is 5.32 Å². The number of ether oxygens (including phenoxy) is 2. The molecule has 1 N–H and O–H groups in total. The highest BCUT2D eigenvalue weighted by Crippen LogP contribution is 2.33. The number of furan rings is 1. The summed E-state index contributed by atoms with van der Waals surface area (Å²) in [4.78, 5) is 38.7. The molecule has 2 heterocycles. The second-order valence-corrected chi connectivity index (χ2v) is 7.65. The number of hydrogen-bond acceptors (Lipinski definition) is 6. The number of nitrogens with one attached hydrogen (secondary N) is 1. The van der Waals surface area contributed by atoms with Gasteiger partial charge in [0.1, 0.15) is 23.1 Å². The van der Waals surface area contributed by atoms with Crippen LogP contribution in [-0.4, -0.2) is 37.4 Å². The fraction of sp³-hybridized carbons (Fsp3) is 0.240. The number of hydrogen-bond donors (Lipinski definition) is 1. The molecule has 0 saturated carbocycles. The third-order valence-corrected chi connectivity index (χ3v) is 5.22. The first-order valence-corrected chi connectivity index (χ1v) is 10.8. The van der Waals surface area contributed by atoms with E-state index in [0.29, 0.717) is 42.3 Å². The molecule has 2 aromatic carbocycles. The predicted molar refractivity (Wildman–Crippen MR) is 120 cm³/mol. The van der Waals surface area contributed by atoms with Gasteiger partial charge in [0.05, 0.1) is 18.5 Å². The molecule has 0 bridgehead atoms. The zero-order valence-corrected chi connectivity index (χ0v) is 18.3. The lowest BCUT2D eigenvalue weighted by molar-refractivity contribution is -0.123. The van der Waals surface area contributed by atoms with Crippen LogP contribution >= 0.6 is 0 Å². The topological polar surface area (TPSA) is 98.1 Å². The van der Waals surface area contributed by atoms with Crippen LogP contribution < -0.4 is 19.7 Å². The van der Waals surface area contributed by atoms with Crippen LogP contribution in [0.3, 0.4) is 0 Å². The van der Waals surface area contributed by atoms with Crippen molar-refractivity contribution in [2.75, 3.05) is 24.7 Å². The van der Waals surface area contributed by atoms with Crippen molar-refractivity contribution < 1.29 is 32.7 Å². The number of nitrogens with zero attached hydrogens (tertiary/aromatic N) is 1. The molecule has 8 nitrogen and oxygen atoms in total. The fourth-order valence-corrected chi connectivity index (χ4v) is 3.49. The monoisotopic (exact) mass is 466 g/mol. The van der Waals surface area contributed by atoms with E-state index in [1.54, 1.807) is 36.4 Å². The second kappa shape index (κ2) is 10.7. The van der Waals surface area contributed by atoms with Gasteiger partial charge in [-0.3, -0.25) is 14.4 Å². The summed E-state index contributed by atoms with van der Waals surface area (Å²) in [5.41, 5.74) is 0.790. The lowest BCUT2D eigenvalue weighted by Crippen LogP contribution is -2.40. The summed E-state index contributed by atoms with van der Waals surface area (Å²) in [5.74, 6) is 0.173. The SMILES string of the molecule is O=C(CCCN1C(=O)COc2ccc(C(=O)COc3cccc(F)c3)cc21)NCc1ccco1. The highest BCUT2D eigenvalue weighted by molar-refractivity contribution is 6.02. The molecular weight excluding hydrogens is 443 g/mol. The predicted octanol–water partition coefficient (Wildman–Crippen LogP) is 3.50. The van der Waals surface area contributed by atoms with Crippen LogP contribution in [0, 0.1) is 5.82 Å². The van der Waals surface area contributed by atoms with Crippen LogP contribution in [0.15, 0.2) is 65.3 Å². The minimum atomic E-state index is -0.459. The van der Waals surface area contributed by atoms with Crippen LogP contribution in [0.1, 0.15) is 29.0 Å². The third-order valence-electron chi connectivity index (χ3n) is 5.22. The Labute approximate surface area is 195 Å². The summed E-state index contributed by atoms with van der Waals surface area (Å²) in [5, 5.41) is 2.77. The van der Waals surface area contributed by atoms with Crippen molar-refractivity contribution in [3.63, 3.8) is 0 Å². The van der Waals surface area contributed by atoms with Crippen molar-refractivity contribution in [2.45, 2.75) is 19.4 Å². The van der Waals surface area contributed by atoms with Crippen LogP contribution in [0.25, 0.3) is 0 Å². The Balaban J connectivity index is 1.35. The summed E-state index contributed by atoms with van der Waals surface area (Å²) in [6.45, 7) is 0.190. The van der Waals surface area contributed by atoms with Crippen LogP contribution in [0.5, 0.6) is 11.5 Å². The highest BCUT2D eigenvalue weighted by Gasteiger charge is 2.26. The molecule has 0 saturated heterocycles. The smallest absolute Gasteiger partial charge is 0.265 e. The first kappa shape index (κ1) is 23.0. The van der Waals surface area contributed by atoms with Gasteiger partial charge in [-0.25, -0.2) is 4.39 Å². The zero-order chi connectivity index (χ0) is 23.9. The second-order valence-electron chi connectivity index (χ2n) is 7.65. The number of Topliss-reactive ketones (excluding diaryl/α,β-unsaturated/α-hetero) is 1.